The number of hydrogen-bond acceptors (Lipinski definition) is 8. The third kappa shape index (κ3) is 6.40. The molecule has 1 saturated heterocycles. The Hall–Kier alpha value is -3.18. The Balaban J connectivity index is 1.81. The predicted octanol–water partition coefficient (Wildman–Crippen LogP) is 6.40. The van der Waals surface area contributed by atoms with Gasteiger partial charge in [-0.2, -0.15) is 22.5 Å². The smallest absolute Gasteiger partial charge is 0.452 e. The lowest BCUT2D eigenvalue weighted by Crippen LogP contribution is -2.42. The molecule has 3 aromatic rings. The van der Waals surface area contributed by atoms with Crippen LogP contribution in [0.2, 0.25) is 0 Å². The summed E-state index contributed by atoms with van der Waals surface area (Å²) in [5.74, 6) is -1.32. The first-order valence-corrected chi connectivity index (χ1v) is 12.8. The van der Waals surface area contributed by atoms with E-state index in [0.717, 1.165) is 25.1 Å². The SMILES string of the molecule is COC(=O)c1ccccc1-c1ccc(N(CC(C)C)C2CCOCC2)c(Nc2nc(C(F)(F)F)ns2)c1. The van der Waals surface area contributed by atoms with Gasteiger partial charge in [0.15, 0.2) is 0 Å². The van der Waals surface area contributed by atoms with Crippen molar-refractivity contribution >= 4 is 34.0 Å². The molecule has 0 bridgehead atoms. The van der Waals surface area contributed by atoms with E-state index in [1.54, 1.807) is 12.1 Å². The Morgan fingerprint density at radius 3 is 2.59 bits per heavy atom. The molecular weight excluding hydrogens is 505 g/mol. The lowest BCUT2D eigenvalue weighted by Gasteiger charge is -2.38. The highest BCUT2D eigenvalue weighted by molar-refractivity contribution is 7.09. The van der Waals surface area contributed by atoms with Crippen LogP contribution in [0.3, 0.4) is 0 Å². The van der Waals surface area contributed by atoms with Crippen molar-refractivity contribution in [2.45, 2.75) is 38.9 Å². The molecule has 11 heteroatoms. The average Bonchev–Trinajstić information content (AvgIpc) is 3.37. The van der Waals surface area contributed by atoms with Gasteiger partial charge in [-0.3, -0.25) is 0 Å². The molecule has 0 atom stereocenters. The van der Waals surface area contributed by atoms with Crippen LogP contribution < -0.4 is 10.2 Å². The molecule has 1 N–H and O–H groups in total. The maximum atomic E-state index is 13.2. The summed E-state index contributed by atoms with van der Waals surface area (Å²) in [5.41, 5.74) is 3.17. The molecule has 0 saturated carbocycles. The number of ether oxygens (including phenoxy) is 2. The monoisotopic (exact) mass is 534 g/mol. The normalized spacial score (nSPS) is 14.6. The number of esters is 1. The van der Waals surface area contributed by atoms with Crippen molar-refractivity contribution in [1.29, 1.82) is 0 Å². The van der Waals surface area contributed by atoms with Gasteiger partial charge in [-0.1, -0.05) is 38.1 Å². The fourth-order valence-corrected chi connectivity index (χ4v) is 5.02. The van der Waals surface area contributed by atoms with Crippen LogP contribution in [0.4, 0.5) is 29.7 Å². The topological polar surface area (TPSA) is 76.6 Å². The van der Waals surface area contributed by atoms with Gasteiger partial charge >= 0.3 is 12.1 Å². The minimum Gasteiger partial charge on any atom is -0.465 e. The van der Waals surface area contributed by atoms with Crippen molar-refractivity contribution in [3.8, 4) is 11.1 Å². The molecule has 2 aromatic carbocycles. The second kappa shape index (κ2) is 11.5. The minimum atomic E-state index is -4.63. The zero-order chi connectivity index (χ0) is 26.6. The number of rotatable bonds is 8. The van der Waals surface area contributed by atoms with E-state index >= 15 is 0 Å². The average molecular weight is 535 g/mol. The summed E-state index contributed by atoms with van der Waals surface area (Å²) in [5, 5.41) is 3.12. The predicted molar refractivity (Wildman–Crippen MR) is 137 cm³/mol. The van der Waals surface area contributed by atoms with Crippen LogP contribution >= 0.6 is 11.5 Å². The molecule has 0 radical (unpaired) electrons. The first kappa shape index (κ1) is 26.9. The van der Waals surface area contributed by atoms with E-state index in [9.17, 15) is 18.0 Å². The lowest BCUT2D eigenvalue weighted by molar-refractivity contribution is -0.144. The van der Waals surface area contributed by atoms with E-state index in [1.165, 1.54) is 7.11 Å². The van der Waals surface area contributed by atoms with Gasteiger partial charge in [0, 0.05) is 37.3 Å². The Bertz CT molecular complexity index is 1230. The first-order valence-electron chi connectivity index (χ1n) is 12.0. The molecule has 1 aromatic heterocycles. The van der Waals surface area contributed by atoms with Crippen molar-refractivity contribution in [3.05, 3.63) is 53.9 Å². The summed E-state index contributed by atoms with van der Waals surface area (Å²) in [6.07, 6.45) is -2.95. The van der Waals surface area contributed by atoms with Gasteiger partial charge in [-0.05, 0) is 48.1 Å². The summed E-state index contributed by atoms with van der Waals surface area (Å²) >= 11 is 0.650. The molecule has 1 fully saturated rings. The molecule has 37 heavy (non-hydrogen) atoms. The number of nitrogens with zero attached hydrogens (tertiary/aromatic N) is 3. The van der Waals surface area contributed by atoms with Gasteiger partial charge in [0.05, 0.1) is 24.0 Å². The Labute approximate surface area is 217 Å². The first-order chi connectivity index (χ1) is 17.7. The van der Waals surface area contributed by atoms with Crippen LogP contribution in [-0.4, -0.2) is 48.2 Å². The van der Waals surface area contributed by atoms with Crippen molar-refractivity contribution in [3.63, 3.8) is 0 Å². The Morgan fingerprint density at radius 2 is 1.95 bits per heavy atom. The van der Waals surface area contributed by atoms with E-state index in [4.69, 9.17) is 9.47 Å². The summed E-state index contributed by atoms with van der Waals surface area (Å²) in [4.78, 5) is 18.4. The quantitative estimate of drug-likeness (QED) is 0.335. The molecular formula is C26H29F3N4O3S. The molecule has 198 valence electrons. The summed E-state index contributed by atoms with van der Waals surface area (Å²) < 4.78 is 53.5. The molecule has 0 spiro atoms. The molecule has 0 amide bonds. The molecule has 0 unspecified atom stereocenters. The standard InChI is InChI=1S/C26H29F3N4O3S/c1-16(2)15-33(18-10-12-36-13-11-18)22-9-8-17(19-6-4-5-7-20(19)23(34)35-3)14-21(22)30-25-31-24(32-37-25)26(27,28)29/h4-9,14,16,18H,10-13,15H2,1-3H3,(H,30,31,32). The highest BCUT2D eigenvalue weighted by atomic mass is 32.1. The third-order valence-electron chi connectivity index (χ3n) is 6.06. The van der Waals surface area contributed by atoms with Crippen LogP contribution in [0.15, 0.2) is 42.5 Å². The lowest BCUT2D eigenvalue weighted by atomic mass is 9.97. The highest BCUT2D eigenvalue weighted by Crippen LogP contribution is 2.38. The number of halogens is 3. The van der Waals surface area contributed by atoms with E-state index in [1.807, 2.05) is 30.3 Å². The Morgan fingerprint density at radius 1 is 1.22 bits per heavy atom. The zero-order valence-electron chi connectivity index (χ0n) is 20.8. The van der Waals surface area contributed by atoms with Crippen LogP contribution in [0.25, 0.3) is 11.1 Å². The van der Waals surface area contributed by atoms with Gasteiger partial charge in [0.25, 0.3) is 0 Å². The van der Waals surface area contributed by atoms with E-state index in [-0.39, 0.29) is 11.2 Å². The van der Waals surface area contributed by atoms with Crippen molar-refractivity contribution < 1.29 is 27.4 Å². The molecule has 1 aliphatic rings. The van der Waals surface area contributed by atoms with Crippen molar-refractivity contribution in [2.75, 3.05) is 37.1 Å². The minimum absolute atomic E-state index is 0.0310. The summed E-state index contributed by atoms with van der Waals surface area (Å²) in [6, 6.07) is 12.9. The second-order valence-electron chi connectivity index (χ2n) is 9.20. The van der Waals surface area contributed by atoms with Crippen LogP contribution in [0.1, 0.15) is 42.9 Å². The van der Waals surface area contributed by atoms with E-state index < -0.39 is 18.0 Å². The number of anilines is 3. The maximum absolute atomic E-state index is 13.2. The van der Waals surface area contributed by atoms with E-state index in [0.29, 0.717) is 53.0 Å². The van der Waals surface area contributed by atoms with Gasteiger partial charge in [0.2, 0.25) is 11.0 Å². The molecule has 1 aliphatic heterocycles. The van der Waals surface area contributed by atoms with Crippen molar-refractivity contribution in [1.82, 2.24) is 9.36 Å². The number of hydrogen-bond donors (Lipinski definition) is 1. The summed E-state index contributed by atoms with van der Waals surface area (Å²) in [7, 11) is 1.32. The van der Waals surface area contributed by atoms with Gasteiger partial charge in [-0.25, -0.2) is 4.79 Å². The maximum Gasteiger partial charge on any atom is 0.452 e. The van der Waals surface area contributed by atoms with Gasteiger partial charge in [-0.15, -0.1) is 0 Å². The van der Waals surface area contributed by atoms with Crippen LogP contribution in [0, 0.1) is 5.92 Å². The fraction of sp³-hybridized carbons (Fsp3) is 0.423. The van der Waals surface area contributed by atoms with E-state index in [2.05, 4.69) is 33.4 Å². The highest BCUT2D eigenvalue weighted by Gasteiger charge is 2.36. The summed E-state index contributed by atoms with van der Waals surface area (Å²) in [6.45, 7) is 6.30. The zero-order valence-corrected chi connectivity index (χ0v) is 21.7. The van der Waals surface area contributed by atoms with Crippen molar-refractivity contribution in [2.24, 2.45) is 5.92 Å². The molecule has 7 nitrogen and oxygen atoms in total. The molecule has 0 aliphatic carbocycles. The fourth-order valence-electron chi connectivity index (χ4n) is 4.42. The van der Waals surface area contributed by atoms with Gasteiger partial charge in [0.1, 0.15) is 0 Å². The number of nitrogens with one attached hydrogen (secondary N) is 1. The number of carbonyl (C=O) groups excluding carboxylic acids is 1. The number of carbonyl (C=O) groups is 1. The third-order valence-corrected chi connectivity index (χ3v) is 6.69. The number of alkyl halides is 3. The van der Waals surface area contributed by atoms with Crippen LogP contribution in [0.5, 0.6) is 0 Å². The second-order valence-corrected chi connectivity index (χ2v) is 9.96. The van der Waals surface area contributed by atoms with Gasteiger partial charge < -0.3 is 19.7 Å². The molecule has 4 rings (SSSR count). The Kier molecular flexibility index (Phi) is 8.33. The number of aromatic nitrogens is 2. The number of methoxy groups -OCH3 is 1. The molecule has 2 heterocycles. The van der Waals surface area contributed by atoms with Crippen LogP contribution in [-0.2, 0) is 15.7 Å². The largest absolute Gasteiger partial charge is 0.465 e. The number of benzene rings is 2.